The van der Waals surface area contributed by atoms with Gasteiger partial charge in [-0.05, 0) is 18.8 Å². The van der Waals surface area contributed by atoms with Crippen molar-refractivity contribution in [3.63, 3.8) is 0 Å². The van der Waals surface area contributed by atoms with Crippen molar-refractivity contribution < 1.29 is 4.79 Å². The van der Waals surface area contributed by atoms with Gasteiger partial charge in [0.15, 0.2) is 0 Å². The molecule has 2 rings (SSSR count). The Hall–Kier alpha value is -1.36. The Morgan fingerprint density at radius 3 is 2.89 bits per heavy atom. The minimum absolute atomic E-state index is 0.0713. The van der Waals surface area contributed by atoms with Gasteiger partial charge in [0.05, 0.1) is 11.3 Å². The van der Waals surface area contributed by atoms with E-state index in [-0.39, 0.29) is 11.9 Å². The molecule has 1 aromatic rings. The molecule has 1 aliphatic rings. The van der Waals surface area contributed by atoms with Gasteiger partial charge in [0, 0.05) is 32.4 Å². The van der Waals surface area contributed by atoms with Gasteiger partial charge in [0.1, 0.15) is 0 Å². The lowest BCUT2D eigenvalue weighted by Crippen LogP contribution is -2.48. The van der Waals surface area contributed by atoms with E-state index in [1.54, 1.807) is 4.68 Å². The van der Waals surface area contributed by atoms with Crippen LogP contribution in [0, 0.1) is 5.92 Å². The summed E-state index contributed by atoms with van der Waals surface area (Å²) >= 11 is 0. The number of piperidine rings is 1. The summed E-state index contributed by atoms with van der Waals surface area (Å²) in [5.41, 5.74) is 7.59. The molecule has 1 aromatic heterocycles. The van der Waals surface area contributed by atoms with Crippen molar-refractivity contribution in [1.29, 1.82) is 0 Å². The van der Waals surface area contributed by atoms with Crippen molar-refractivity contribution in [2.75, 3.05) is 13.1 Å². The maximum absolute atomic E-state index is 12.5. The number of nitrogens with zero attached hydrogens (tertiary/aromatic N) is 3. The van der Waals surface area contributed by atoms with Gasteiger partial charge >= 0.3 is 0 Å². The fraction of sp³-hybridized carbons (Fsp3) is 0.692. The SMILES string of the molecule is CCc1nn(C)cc1C(=O)N1CC(C)CC(N)C1. The number of aromatic nitrogens is 2. The second-order valence-corrected chi connectivity index (χ2v) is 5.33. The van der Waals surface area contributed by atoms with Crippen LogP contribution in [0.2, 0.25) is 0 Å². The molecule has 18 heavy (non-hydrogen) atoms. The molecule has 1 fully saturated rings. The molecule has 100 valence electrons. The zero-order valence-electron chi connectivity index (χ0n) is 11.4. The van der Waals surface area contributed by atoms with Gasteiger partial charge in [-0.2, -0.15) is 5.10 Å². The quantitative estimate of drug-likeness (QED) is 0.844. The predicted octanol–water partition coefficient (Wildman–Crippen LogP) is 0.792. The Balaban J connectivity index is 2.19. The largest absolute Gasteiger partial charge is 0.337 e. The normalized spacial score (nSPS) is 24.3. The number of aryl methyl sites for hydroxylation is 2. The van der Waals surface area contributed by atoms with E-state index in [2.05, 4.69) is 12.0 Å². The fourth-order valence-corrected chi connectivity index (χ4v) is 2.71. The molecule has 0 aromatic carbocycles. The minimum atomic E-state index is 0.0713. The van der Waals surface area contributed by atoms with E-state index >= 15 is 0 Å². The molecule has 2 unspecified atom stereocenters. The molecule has 0 aliphatic carbocycles. The Bertz CT molecular complexity index is 430. The Kier molecular flexibility index (Phi) is 3.71. The second kappa shape index (κ2) is 5.10. The van der Waals surface area contributed by atoms with E-state index in [0.717, 1.165) is 30.6 Å². The predicted molar refractivity (Wildman–Crippen MR) is 70.2 cm³/mol. The lowest BCUT2D eigenvalue weighted by Gasteiger charge is -2.34. The molecular weight excluding hydrogens is 228 g/mol. The van der Waals surface area contributed by atoms with Crippen molar-refractivity contribution in [3.8, 4) is 0 Å². The average molecular weight is 250 g/mol. The zero-order chi connectivity index (χ0) is 13.3. The van der Waals surface area contributed by atoms with E-state index in [4.69, 9.17) is 5.73 Å². The molecule has 0 saturated carbocycles. The van der Waals surface area contributed by atoms with Crippen molar-refractivity contribution in [2.45, 2.75) is 32.7 Å². The number of likely N-dealkylation sites (tertiary alicyclic amines) is 1. The van der Waals surface area contributed by atoms with E-state index in [1.165, 1.54) is 0 Å². The summed E-state index contributed by atoms with van der Waals surface area (Å²) in [5, 5.41) is 4.32. The summed E-state index contributed by atoms with van der Waals surface area (Å²) < 4.78 is 1.71. The molecule has 1 amide bonds. The number of carbonyl (C=O) groups is 1. The first-order valence-electron chi connectivity index (χ1n) is 6.58. The summed E-state index contributed by atoms with van der Waals surface area (Å²) in [6.07, 6.45) is 3.58. The van der Waals surface area contributed by atoms with E-state index in [0.29, 0.717) is 12.5 Å². The summed E-state index contributed by atoms with van der Waals surface area (Å²) in [6.45, 7) is 5.61. The highest BCUT2D eigenvalue weighted by Gasteiger charge is 2.28. The number of hydrogen-bond donors (Lipinski definition) is 1. The van der Waals surface area contributed by atoms with Gasteiger partial charge in [-0.15, -0.1) is 0 Å². The van der Waals surface area contributed by atoms with Gasteiger partial charge in [-0.1, -0.05) is 13.8 Å². The fourth-order valence-electron chi connectivity index (χ4n) is 2.71. The van der Waals surface area contributed by atoms with Gasteiger partial charge in [0.2, 0.25) is 0 Å². The number of carbonyl (C=O) groups excluding carboxylic acids is 1. The lowest BCUT2D eigenvalue weighted by molar-refractivity contribution is 0.0660. The summed E-state index contributed by atoms with van der Waals surface area (Å²) in [6, 6.07) is 0.0967. The molecule has 5 nitrogen and oxygen atoms in total. The second-order valence-electron chi connectivity index (χ2n) is 5.33. The number of rotatable bonds is 2. The third-order valence-electron chi connectivity index (χ3n) is 3.45. The zero-order valence-corrected chi connectivity index (χ0v) is 11.4. The van der Waals surface area contributed by atoms with Crippen LogP contribution in [-0.2, 0) is 13.5 Å². The third kappa shape index (κ3) is 2.56. The lowest BCUT2D eigenvalue weighted by atomic mass is 9.96. The first-order chi connectivity index (χ1) is 8.51. The average Bonchev–Trinajstić information content (AvgIpc) is 2.68. The van der Waals surface area contributed by atoms with E-state index in [1.807, 2.05) is 25.1 Å². The third-order valence-corrected chi connectivity index (χ3v) is 3.45. The topological polar surface area (TPSA) is 64.2 Å². The molecule has 1 aliphatic heterocycles. The first-order valence-corrected chi connectivity index (χ1v) is 6.58. The standard InChI is InChI=1S/C13H22N4O/c1-4-12-11(8-16(3)15-12)13(18)17-6-9(2)5-10(14)7-17/h8-10H,4-7,14H2,1-3H3. The number of hydrogen-bond acceptors (Lipinski definition) is 3. The monoisotopic (exact) mass is 250 g/mol. The maximum atomic E-state index is 12.5. The van der Waals surface area contributed by atoms with Crippen LogP contribution in [0.15, 0.2) is 6.20 Å². The molecule has 2 N–H and O–H groups in total. The van der Waals surface area contributed by atoms with Crippen LogP contribution in [0.3, 0.4) is 0 Å². The van der Waals surface area contributed by atoms with Gasteiger partial charge in [-0.25, -0.2) is 0 Å². The summed E-state index contributed by atoms with van der Waals surface area (Å²) in [4.78, 5) is 14.4. The van der Waals surface area contributed by atoms with Crippen LogP contribution < -0.4 is 5.73 Å². The Labute approximate surface area is 108 Å². The summed E-state index contributed by atoms with van der Waals surface area (Å²) in [7, 11) is 1.85. The number of amides is 1. The summed E-state index contributed by atoms with van der Waals surface area (Å²) in [5.74, 6) is 0.543. The molecule has 0 spiro atoms. The van der Waals surface area contributed by atoms with Crippen molar-refractivity contribution in [1.82, 2.24) is 14.7 Å². The van der Waals surface area contributed by atoms with Gasteiger partial charge in [0.25, 0.3) is 5.91 Å². The van der Waals surface area contributed by atoms with Crippen molar-refractivity contribution in [2.24, 2.45) is 18.7 Å². The highest BCUT2D eigenvalue weighted by Crippen LogP contribution is 2.19. The van der Waals surface area contributed by atoms with E-state index < -0.39 is 0 Å². The highest BCUT2D eigenvalue weighted by atomic mass is 16.2. The van der Waals surface area contributed by atoms with Crippen molar-refractivity contribution >= 4 is 5.91 Å². The molecule has 2 atom stereocenters. The minimum Gasteiger partial charge on any atom is -0.337 e. The highest BCUT2D eigenvalue weighted by molar-refractivity contribution is 5.95. The van der Waals surface area contributed by atoms with Gasteiger partial charge in [-0.3, -0.25) is 9.48 Å². The van der Waals surface area contributed by atoms with Crippen LogP contribution >= 0.6 is 0 Å². The van der Waals surface area contributed by atoms with Crippen LogP contribution in [0.1, 0.15) is 36.3 Å². The number of nitrogens with two attached hydrogens (primary N) is 1. The smallest absolute Gasteiger partial charge is 0.257 e. The molecule has 5 heteroatoms. The molecule has 0 radical (unpaired) electrons. The first kappa shape index (κ1) is 13.1. The van der Waals surface area contributed by atoms with Crippen molar-refractivity contribution in [3.05, 3.63) is 17.5 Å². The van der Waals surface area contributed by atoms with Crippen LogP contribution in [-0.4, -0.2) is 39.7 Å². The molecular formula is C13H22N4O. The Morgan fingerprint density at radius 1 is 1.56 bits per heavy atom. The van der Waals surface area contributed by atoms with E-state index in [9.17, 15) is 4.79 Å². The van der Waals surface area contributed by atoms with Crippen LogP contribution in [0.5, 0.6) is 0 Å². The maximum Gasteiger partial charge on any atom is 0.257 e. The Morgan fingerprint density at radius 2 is 2.28 bits per heavy atom. The van der Waals surface area contributed by atoms with Crippen LogP contribution in [0.25, 0.3) is 0 Å². The molecule has 2 heterocycles. The molecule has 0 bridgehead atoms. The van der Waals surface area contributed by atoms with Crippen LogP contribution in [0.4, 0.5) is 0 Å². The molecule has 1 saturated heterocycles. The van der Waals surface area contributed by atoms with Gasteiger partial charge < -0.3 is 10.6 Å².